The van der Waals surface area contributed by atoms with Gasteiger partial charge < -0.3 is 19.3 Å². The summed E-state index contributed by atoms with van der Waals surface area (Å²) < 4.78 is 16.6. The van der Waals surface area contributed by atoms with Gasteiger partial charge in [0.1, 0.15) is 17.2 Å². The molecule has 28 heavy (non-hydrogen) atoms. The third-order valence-corrected chi connectivity index (χ3v) is 3.95. The molecule has 0 aliphatic heterocycles. The van der Waals surface area contributed by atoms with Crippen molar-refractivity contribution in [1.29, 1.82) is 0 Å². The molecule has 3 rings (SSSR count). The molecule has 0 fully saturated rings. The van der Waals surface area contributed by atoms with Crippen LogP contribution in [0.2, 0.25) is 0 Å². The zero-order chi connectivity index (χ0) is 19.9. The Morgan fingerprint density at radius 2 is 1.82 bits per heavy atom. The van der Waals surface area contributed by atoms with E-state index < -0.39 is 5.97 Å². The molecule has 3 aromatic rings. The molecule has 0 amide bonds. The zero-order valence-corrected chi connectivity index (χ0v) is 15.7. The fraction of sp³-hybridized carbons (Fsp3) is 0.182. The van der Waals surface area contributed by atoms with Crippen LogP contribution in [0.3, 0.4) is 0 Å². The van der Waals surface area contributed by atoms with Crippen LogP contribution in [-0.2, 0) is 11.2 Å². The molecule has 0 aliphatic carbocycles. The van der Waals surface area contributed by atoms with Gasteiger partial charge in [-0.1, -0.05) is 12.1 Å². The molecule has 1 N–H and O–H groups in total. The molecule has 0 saturated carbocycles. The van der Waals surface area contributed by atoms with Crippen molar-refractivity contribution in [3.63, 3.8) is 0 Å². The fourth-order valence-electron chi connectivity index (χ4n) is 2.76. The summed E-state index contributed by atoms with van der Waals surface area (Å²) in [5.41, 5.74) is 2.49. The maximum Gasteiger partial charge on any atom is 0.307 e. The second-order valence-electron chi connectivity index (χ2n) is 6.04. The second kappa shape index (κ2) is 8.90. The van der Waals surface area contributed by atoms with Crippen LogP contribution in [0.25, 0.3) is 11.1 Å². The summed E-state index contributed by atoms with van der Waals surface area (Å²) in [7, 11) is 1.57. The van der Waals surface area contributed by atoms with Gasteiger partial charge in [0.15, 0.2) is 0 Å². The lowest BCUT2D eigenvalue weighted by Crippen LogP contribution is -2.01. The van der Waals surface area contributed by atoms with Gasteiger partial charge in [-0.2, -0.15) is 0 Å². The lowest BCUT2D eigenvalue weighted by molar-refractivity contribution is -0.136. The zero-order valence-electron chi connectivity index (χ0n) is 15.7. The summed E-state index contributed by atoms with van der Waals surface area (Å²) in [6.45, 7) is 2.35. The monoisotopic (exact) mass is 379 g/mol. The number of methoxy groups -OCH3 is 1. The Kier molecular flexibility index (Phi) is 6.11. The Morgan fingerprint density at radius 1 is 1.00 bits per heavy atom. The van der Waals surface area contributed by atoms with Crippen molar-refractivity contribution in [1.82, 2.24) is 4.98 Å². The molecule has 6 heteroatoms. The van der Waals surface area contributed by atoms with Crippen molar-refractivity contribution >= 4 is 5.97 Å². The number of benzene rings is 2. The van der Waals surface area contributed by atoms with Crippen LogP contribution in [0.1, 0.15) is 12.5 Å². The van der Waals surface area contributed by atoms with Gasteiger partial charge >= 0.3 is 5.97 Å². The number of carboxylic acid groups (broad SMARTS) is 1. The van der Waals surface area contributed by atoms with Crippen molar-refractivity contribution in [2.45, 2.75) is 13.3 Å². The Balaban J connectivity index is 1.86. The first-order valence-corrected chi connectivity index (χ1v) is 8.84. The van der Waals surface area contributed by atoms with Gasteiger partial charge in [-0.3, -0.25) is 4.79 Å². The van der Waals surface area contributed by atoms with E-state index in [2.05, 4.69) is 4.98 Å². The summed E-state index contributed by atoms with van der Waals surface area (Å²) in [4.78, 5) is 15.3. The SMILES string of the molecule is CCOc1cc(CC(=O)O)cc(Oc2cccc(-c3ccc(OC)nc3)c2)c1. The van der Waals surface area contributed by atoms with Crippen LogP contribution in [-0.4, -0.2) is 29.8 Å². The normalized spacial score (nSPS) is 10.4. The number of carboxylic acids is 1. The minimum atomic E-state index is -0.909. The van der Waals surface area contributed by atoms with Gasteiger partial charge in [-0.05, 0) is 48.4 Å². The van der Waals surface area contributed by atoms with Crippen molar-refractivity contribution in [2.75, 3.05) is 13.7 Å². The van der Waals surface area contributed by atoms with E-state index in [1.807, 2.05) is 37.3 Å². The standard InChI is InChI=1S/C22H21NO5/c1-3-27-19-9-15(11-22(24)25)10-20(13-19)28-18-6-4-5-16(12-18)17-7-8-21(26-2)23-14-17/h4-10,12-14H,3,11H2,1-2H3,(H,24,25). The number of hydrogen-bond donors (Lipinski definition) is 1. The summed E-state index contributed by atoms with van der Waals surface area (Å²) in [6, 6.07) is 16.5. The summed E-state index contributed by atoms with van der Waals surface area (Å²) in [6.07, 6.45) is 1.63. The number of aromatic nitrogens is 1. The smallest absolute Gasteiger partial charge is 0.307 e. The highest BCUT2D eigenvalue weighted by Gasteiger charge is 2.08. The lowest BCUT2D eigenvalue weighted by atomic mass is 10.1. The number of pyridine rings is 1. The number of carbonyl (C=O) groups is 1. The third-order valence-electron chi connectivity index (χ3n) is 3.95. The Bertz CT molecular complexity index is 953. The van der Waals surface area contributed by atoms with Crippen LogP contribution in [0, 0.1) is 0 Å². The molecule has 0 spiro atoms. The molecular weight excluding hydrogens is 358 g/mol. The highest BCUT2D eigenvalue weighted by Crippen LogP contribution is 2.30. The topological polar surface area (TPSA) is 77.9 Å². The quantitative estimate of drug-likeness (QED) is 0.617. The van der Waals surface area contributed by atoms with E-state index in [4.69, 9.17) is 19.3 Å². The largest absolute Gasteiger partial charge is 0.494 e. The molecule has 144 valence electrons. The second-order valence-corrected chi connectivity index (χ2v) is 6.04. The first-order valence-electron chi connectivity index (χ1n) is 8.84. The van der Waals surface area contributed by atoms with Crippen LogP contribution in [0.15, 0.2) is 60.8 Å². The fourth-order valence-corrected chi connectivity index (χ4v) is 2.76. The Hall–Kier alpha value is -3.54. The number of aliphatic carboxylic acids is 1. The van der Waals surface area contributed by atoms with Crippen LogP contribution in [0.5, 0.6) is 23.1 Å². The average Bonchev–Trinajstić information content (AvgIpc) is 2.68. The minimum Gasteiger partial charge on any atom is -0.494 e. The van der Waals surface area contributed by atoms with Gasteiger partial charge in [0.25, 0.3) is 0 Å². The Morgan fingerprint density at radius 3 is 2.50 bits per heavy atom. The molecule has 0 unspecified atom stereocenters. The summed E-state index contributed by atoms with van der Waals surface area (Å²) in [5.74, 6) is 1.37. The summed E-state index contributed by atoms with van der Waals surface area (Å²) >= 11 is 0. The molecule has 6 nitrogen and oxygen atoms in total. The molecule has 1 aromatic heterocycles. The molecule has 0 saturated heterocycles. The van der Waals surface area contributed by atoms with Crippen molar-refractivity contribution < 1.29 is 24.1 Å². The van der Waals surface area contributed by atoms with Gasteiger partial charge in [0.05, 0.1) is 20.1 Å². The minimum absolute atomic E-state index is 0.102. The van der Waals surface area contributed by atoms with E-state index >= 15 is 0 Å². The predicted molar refractivity (Wildman–Crippen MR) is 105 cm³/mol. The van der Waals surface area contributed by atoms with Gasteiger partial charge in [-0.25, -0.2) is 4.98 Å². The van der Waals surface area contributed by atoms with Crippen LogP contribution < -0.4 is 14.2 Å². The number of nitrogens with zero attached hydrogens (tertiary/aromatic N) is 1. The van der Waals surface area contributed by atoms with E-state index in [1.54, 1.807) is 37.6 Å². The number of hydrogen-bond acceptors (Lipinski definition) is 5. The Labute approximate surface area is 163 Å². The first kappa shape index (κ1) is 19.2. The highest BCUT2D eigenvalue weighted by atomic mass is 16.5. The highest BCUT2D eigenvalue weighted by molar-refractivity contribution is 5.70. The molecule has 0 atom stereocenters. The maximum absolute atomic E-state index is 11.1. The molecule has 2 aromatic carbocycles. The number of rotatable bonds is 8. The third kappa shape index (κ3) is 5.01. The molecular formula is C22H21NO5. The molecule has 0 bridgehead atoms. The average molecular weight is 379 g/mol. The maximum atomic E-state index is 11.1. The van der Waals surface area contributed by atoms with Gasteiger partial charge in [0, 0.05) is 23.9 Å². The molecule has 0 aliphatic rings. The number of ether oxygens (including phenoxy) is 3. The van der Waals surface area contributed by atoms with Crippen molar-refractivity contribution in [2.24, 2.45) is 0 Å². The first-order chi connectivity index (χ1) is 13.6. The van der Waals surface area contributed by atoms with Gasteiger partial charge in [0.2, 0.25) is 5.88 Å². The summed E-state index contributed by atoms with van der Waals surface area (Å²) in [5, 5.41) is 9.07. The van der Waals surface area contributed by atoms with Crippen LogP contribution >= 0.6 is 0 Å². The van der Waals surface area contributed by atoms with E-state index in [0.29, 0.717) is 35.3 Å². The van der Waals surface area contributed by atoms with Crippen molar-refractivity contribution in [3.05, 3.63) is 66.4 Å². The van der Waals surface area contributed by atoms with E-state index in [1.165, 1.54) is 0 Å². The van der Waals surface area contributed by atoms with Gasteiger partial charge in [-0.15, -0.1) is 0 Å². The van der Waals surface area contributed by atoms with Crippen LogP contribution in [0.4, 0.5) is 0 Å². The van der Waals surface area contributed by atoms with E-state index in [9.17, 15) is 4.79 Å². The molecule has 0 radical (unpaired) electrons. The van der Waals surface area contributed by atoms with E-state index in [-0.39, 0.29) is 6.42 Å². The molecule has 1 heterocycles. The van der Waals surface area contributed by atoms with Crippen molar-refractivity contribution in [3.8, 4) is 34.3 Å². The lowest BCUT2D eigenvalue weighted by Gasteiger charge is -2.12. The van der Waals surface area contributed by atoms with E-state index in [0.717, 1.165) is 11.1 Å². The predicted octanol–water partition coefficient (Wildman–Crippen LogP) is 4.58.